The Hall–Kier alpha value is -14.2. The zero-order chi connectivity index (χ0) is 60.7. The smallest absolute Gasteiger partial charge is 0.0998 e. The molecule has 10 aromatic carbocycles. The van der Waals surface area contributed by atoms with E-state index in [0.717, 1.165) is 32.7 Å². The van der Waals surface area contributed by atoms with Crippen LogP contribution in [-0.4, -0.2) is 14.1 Å². The number of benzene rings is 10. The Labute approximate surface area is 502 Å². The first-order chi connectivity index (χ1) is 43.1. The van der Waals surface area contributed by atoms with Crippen LogP contribution in [-0.2, 0) is 0 Å². The molecule has 13 nitrogen and oxygen atoms in total. The molecule has 3 aromatic heterocycles. The van der Waals surface area contributed by atoms with Crippen molar-refractivity contribution in [1.29, 1.82) is 52.6 Å². The van der Waals surface area contributed by atoms with Crippen LogP contribution in [0.1, 0.15) is 55.6 Å². The van der Waals surface area contributed by atoms with E-state index in [1.807, 2.05) is 103 Å². The van der Waals surface area contributed by atoms with Gasteiger partial charge < -0.3 is 9.13 Å². The number of nitrogens with zero attached hydrogens (tertiary/aromatic N) is 13. The van der Waals surface area contributed by atoms with Crippen molar-refractivity contribution >= 4 is 43.6 Å². The van der Waals surface area contributed by atoms with E-state index in [-0.39, 0.29) is 0 Å². The number of pyridine rings is 1. The summed E-state index contributed by atoms with van der Waals surface area (Å²) in [6, 6.07) is 78.8. The predicted octanol–water partition coefficient (Wildman–Crippen LogP) is 16.0. The molecule has 0 N–H and O–H groups in total. The first-order valence-electron chi connectivity index (χ1n) is 27.1. The van der Waals surface area contributed by atoms with E-state index in [0.29, 0.717) is 145 Å². The maximum Gasteiger partial charge on any atom is 0.0998 e. The highest BCUT2D eigenvalue weighted by Crippen LogP contribution is 2.48. The Balaban J connectivity index is 1.15. The molecule has 0 unspecified atom stereocenters. The molecule has 0 bridgehead atoms. The number of aromatic nitrogens is 3. The molecule has 88 heavy (non-hydrogen) atoms. The van der Waals surface area contributed by atoms with E-state index in [1.54, 1.807) is 73.1 Å². The average Bonchev–Trinajstić information content (AvgIpc) is 1.61. The summed E-state index contributed by atoms with van der Waals surface area (Å²) < 4.78 is 4.20. The first-order valence-corrected chi connectivity index (χ1v) is 27.1. The van der Waals surface area contributed by atoms with Crippen LogP contribution in [0.3, 0.4) is 0 Å². The third-order valence-corrected chi connectivity index (χ3v) is 15.8. The third-order valence-electron chi connectivity index (χ3n) is 15.8. The summed E-state index contributed by atoms with van der Waals surface area (Å²) >= 11 is 0. The lowest BCUT2D eigenvalue weighted by atomic mass is 9.91. The van der Waals surface area contributed by atoms with Crippen molar-refractivity contribution in [3.8, 4) is 139 Å². The van der Waals surface area contributed by atoms with E-state index in [2.05, 4.69) is 74.8 Å². The fraction of sp³-hybridized carbons (Fsp3) is 0. The molecule has 13 rings (SSSR count). The topological polar surface area (TPSA) is 261 Å². The fourth-order valence-corrected chi connectivity index (χ4v) is 11.9. The van der Waals surface area contributed by atoms with Crippen LogP contribution < -0.4 is 0 Å². The van der Waals surface area contributed by atoms with Gasteiger partial charge in [0.05, 0.1) is 150 Å². The number of rotatable bonds is 8. The number of hydrogen-bond donors (Lipinski definition) is 0. The van der Waals surface area contributed by atoms with Gasteiger partial charge in [-0.25, -0.2) is 0 Å². The van der Waals surface area contributed by atoms with Gasteiger partial charge in [-0.2, -0.15) is 52.6 Å². The van der Waals surface area contributed by atoms with Gasteiger partial charge in [0, 0.05) is 50.6 Å². The van der Waals surface area contributed by atoms with Gasteiger partial charge in [0.1, 0.15) is 0 Å². The lowest BCUT2D eigenvalue weighted by molar-refractivity contribution is 1.16. The molecule has 0 saturated carbocycles. The quantitative estimate of drug-likeness (QED) is 0.138. The van der Waals surface area contributed by atoms with Gasteiger partial charge in [-0.1, -0.05) is 36.4 Å². The Kier molecular flexibility index (Phi) is 13.1. The molecule has 13 aromatic rings. The Bertz CT molecular complexity index is 5320. The van der Waals surface area contributed by atoms with Crippen molar-refractivity contribution in [3.63, 3.8) is 0 Å². The van der Waals surface area contributed by atoms with Gasteiger partial charge in [0.15, 0.2) is 0 Å². The number of nitriles is 10. The molecular formula is C75H33N13. The second-order valence-corrected chi connectivity index (χ2v) is 20.8. The van der Waals surface area contributed by atoms with Crippen LogP contribution in [0.15, 0.2) is 200 Å². The molecule has 3 heterocycles. The summed E-state index contributed by atoms with van der Waals surface area (Å²) in [5.41, 5.74) is 15.2. The SMILES string of the molecule is N#Cc1cc(C#N)cc(-c2ccc3c(c2)c2cc(-c4cc(C#N)cc(C#N)c4)ccc2n3-c2cc(C#N)ccc2-c2ccc(C#N)c(-c3ccncc3)c2-n2c3ccc(-c4cc(C#N)cc(C#N)c4)cc3c3cc(-c4cc(C#N)cc(C#N)c4)ccc32)c1. The number of hydrogen-bond acceptors (Lipinski definition) is 11. The van der Waals surface area contributed by atoms with E-state index in [9.17, 15) is 52.6 Å². The monoisotopic (exact) mass is 1120 g/mol. The third kappa shape index (κ3) is 9.03. The molecule has 0 atom stereocenters. The summed E-state index contributed by atoms with van der Waals surface area (Å²) in [7, 11) is 0. The minimum atomic E-state index is 0.311. The molecule has 0 aliphatic heterocycles. The number of fused-ring (bicyclic) bond motifs is 6. The minimum Gasteiger partial charge on any atom is -0.309 e. The maximum absolute atomic E-state index is 11.3. The van der Waals surface area contributed by atoms with Gasteiger partial charge in [-0.05, 0) is 202 Å². The zero-order valence-electron chi connectivity index (χ0n) is 45.9. The normalized spacial score (nSPS) is 10.6. The van der Waals surface area contributed by atoms with Crippen molar-refractivity contribution < 1.29 is 0 Å². The molecule has 0 spiro atoms. The van der Waals surface area contributed by atoms with Gasteiger partial charge in [-0.3, -0.25) is 4.98 Å². The van der Waals surface area contributed by atoms with E-state index >= 15 is 0 Å². The molecular weight excluding hydrogens is 1080 g/mol. The second kappa shape index (κ2) is 21.6. The summed E-state index contributed by atoms with van der Waals surface area (Å²) in [6.45, 7) is 0. The summed E-state index contributed by atoms with van der Waals surface area (Å²) in [5.74, 6) is 0. The minimum absolute atomic E-state index is 0.311. The van der Waals surface area contributed by atoms with Crippen LogP contribution in [0, 0.1) is 113 Å². The highest BCUT2D eigenvalue weighted by atomic mass is 15.0. The van der Waals surface area contributed by atoms with Crippen molar-refractivity contribution in [2.45, 2.75) is 0 Å². The van der Waals surface area contributed by atoms with Crippen LogP contribution in [0.2, 0.25) is 0 Å². The second-order valence-electron chi connectivity index (χ2n) is 20.8. The van der Waals surface area contributed by atoms with Crippen LogP contribution in [0.4, 0.5) is 0 Å². The van der Waals surface area contributed by atoms with Gasteiger partial charge in [0.25, 0.3) is 0 Å². The Morgan fingerprint density at radius 2 is 0.580 bits per heavy atom. The van der Waals surface area contributed by atoms with Crippen molar-refractivity contribution in [1.82, 2.24) is 14.1 Å². The predicted molar refractivity (Wildman–Crippen MR) is 333 cm³/mol. The molecule has 0 aliphatic carbocycles. The van der Waals surface area contributed by atoms with Crippen molar-refractivity contribution in [3.05, 3.63) is 256 Å². The van der Waals surface area contributed by atoms with Gasteiger partial charge in [-0.15, -0.1) is 0 Å². The standard InChI is InChI=1S/C75H33N13/c76-34-44-1-7-63(73(29-44)87-69-9-3-54(59-21-45(35-77)17-46(22-59)36-78)30-65(69)66-31-55(4-10-70(66)87)60-23-47(37-79)18-48(24-60)38-80)64-8-2-58(43-85)74(53-13-15-86-16-14-53)75(64)88-71-11-5-56(61-25-49(39-81)19-50(26-61)40-82)32-67(71)68-33-57(6-12-72(68)88)62-27-51(41-83)20-52(28-62)42-84/h1-33H. The molecule has 0 aliphatic rings. The molecule has 0 amide bonds. The first kappa shape index (κ1) is 53.2. The van der Waals surface area contributed by atoms with Gasteiger partial charge in [0.2, 0.25) is 0 Å². The summed E-state index contributed by atoms with van der Waals surface area (Å²) in [6.07, 6.45) is 3.33. The average molecular weight is 1120 g/mol. The maximum atomic E-state index is 11.3. The highest BCUT2D eigenvalue weighted by molar-refractivity contribution is 6.15. The molecule has 398 valence electrons. The fourth-order valence-electron chi connectivity index (χ4n) is 11.9. The van der Waals surface area contributed by atoms with E-state index in [4.69, 9.17) is 0 Å². The van der Waals surface area contributed by atoms with Crippen LogP contribution in [0.25, 0.3) is 122 Å². The molecule has 0 radical (unpaired) electrons. The Morgan fingerprint density at radius 1 is 0.250 bits per heavy atom. The van der Waals surface area contributed by atoms with Crippen molar-refractivity contribution in [2.75, 3.05) is 0 Å². The zero-order valence-corrected chi connectivity index (χ0v) is 45.9. The van der Waals surface area contributed by atoms with Crippen LogP contribution >= 0.6 is 0 Å². The van der Waals surface area contributed by atoms with E-state index in [1.165, 1.54) is 24.3 Å². The largest absolute Gasteiger partial charge is 0.309 e. The van der Waals surface area contributed by atoms with E-state index < -0.39 is 0 Å². The lowest BCUT2D eigenvalue weighted by Crippen LogP contribution is -2.05. The summed E-state index contributed by atoms with van der Waals surface area (Å²) in [4.78, 5) is 4.37. The summed E-state index contributed by atoms with van der Waals surface area (Å²) in [5, 5.41) is 106. The molecule has 0 fully saturated rings. The lowest BCUT2D eigenvalue weighted by Gasteiger charge is -2.22. The molecule has 13 heteroatoms. The van der Waals surface area contributed by atoms with Crippen molar-refractivity contribution in [2.24, 2.45) is 0 Å². The molecule has 0 saturated heterocycles. The van der Waals surface area contributed by atoms with Gasteiger partial charge >= 0.3 is 0 Å². The van der Waals surface area contributed by atoms with Crippen LogP contribution in [0.5, 0.6) is 0 Å². The Morgan fingerprint density at radius 3 is 0.909 bits per heavy atom. The highest BCUT2D eigenvalue weighted by Gasteiger charge is 2.27.